The minimum Gasteiger partial charge on any atom is -0.485 e. The summed E-state index contributed by atoms with van der Waals surface area (Å²) in [5.41, 5.74) is 1.86. The molecule has 2 aromatic carbocycles. The van der Waals surface area contributed by atoms with E-state index in [9.17, 15) is 18.0 Å². The third kappa shape index (κ3) is 4.47. The van der Waals surface area contributed by atoms with Gasteiger partial charge in [-0.25, -0.2) is 0 Å². The van der Waals surface area contributed by atoms with E-state index >= 15 is 0 Å². The van der Waals surface area contributed by atoms with Gasteiger partial charge in [-0.15, -0.1) is 0 Å². The Labute approximate surface area is 166 Å². The van der Waals surface area contributed by atoms with E-state index in [4.69, 9.17) is 9.47 Å². The Morgan fingerprint density at radius 1 is 1.24 bits per heavy atom. The number of halogens is 3. The fourth-order valence-corrected chi connectivity index (χ4v) is 3.01. The summed E-state index contributed by atoms with van der Waals surface area (Å²) in [6.45, 7) is 5.43. The maximum Gasteiger partial charge on any atom is 0.416 e. The van der Waals surface area contributed by atoms with Gasteiger partial charge >= 0.3 is 6.18 Å². The second-order valence-corrected chi connectivity index (χ2v) is 6.61. The van der Waals surface area contributed by atoms with Crippen molar-refractivity contribution in [3.8, 4) is 11.5 Å². The lowest BCUT2D eigenvalue weighted by atomic mass is 10.0. The molecule has 1 aliphatic heterocycles. The number of amides is 1. The van der Waals surface area contributed by atoms with Crippen LogP contribution in [0, 0.1) is 0 Å². The topological polar surface area (TPSA) is 59.6 Å². The summed E-state index contributed by atoms with van der Waals surface area (Å²) in [5, 5.41) is 5.90. The zero-order valence-electron chi connectivity index (χ0n) is 16.0. The van der Waals surface area contributed by atoms with Crippen molar-refractivity contribution < 1.29 is 27.4 Å². The number of carbonyl (C=O) groups excluding carboxylic acids is 1. The third-order valence-electron chi connectivity index (χ3n) is 4.65. The molecular formula is C21H21F3N2O3. The number of fused-ring (bicyclic) bond motifs is 1. The maximum atomic E-state index is 12.8. The van der Waals surface area contributed by atoms with Crippen molar-refractivity contribution in [2.75, 3.05) is 19.0 Å². The van der Waals surface area contributed by atoms with Crippen LogP contribution in [0.4, 0.5) is 18.9 Å². The first kappa shape index (κ1) is 20.6. The summed E-state index contributed by atoms with van der Waals surface area (Å²) in [5.74, 6) is -0.347. The smallest absolute Gasteiger partial charge is 0.416 e. The fourth-order valence-electron chi connectivity index (χ4n) is 3.01. The van der Waals surface area contributed by atoms with Gasteiger partial charge in [-0.05, 0) is 48.4 Å². The number of carbonyl (C=O) groups is 1. The van der Waals surface area contributed by atoms with Gasteiger partial charge in [-0.2, -0.15) is 13.2 Å². The fraction of sp³-hybridized carbons (Fsp3) is 0.286. The van der Waals surface area contributed by atoms with E-state index in [1.54, 1.807) is 6.08 Å². The van der Waals surface area contributed by atoms with Crippen molar-refractivity contribution >= 4 is 17.7 Å². The number of nitrogens with one attached hydrogen (secondary N) is 2. The van der Waals surface area contributed by atoms with E-state index in [2.05, 4.69) is 17.2 Å². The molecule has 0 saturated heterocycles. The molecule has 29 heavy (non-hydrogen) atoms. The first-order valence-corrected chi connectivity index (χ1v) is 8.98. The van der Waals surface area contributed by atoms with E-state index in [0.29, 0.717) is 0 Å². The minimum absolute atomic E-state index is 0.0322. The highest BCUT2D eigenvalue weighted by Gasteiger charge is 2.34. The van der Waals surface area contributed by atoms with Crippen LogP contribution >= 0.6 is 0 Å². The van der Waals surface area contributed by atoms with Gasteiger partial charge in [0.25, 0.3) is 5.91 Å². The van der Waals surface area contributed by atoms with E-state index in [1.807, 2.05) is 32.2 Å². The van der Waals surface area contributed by atoms with Crippen molar-refractivity contribution in [1.29, 1.82) is 0 Å². The van der Waals surface area contributed by atoms with Gasteiger partial charge in [-0.1, -0.05) is 18.7 Å². The van der Waals surface area contributed by atoms with Crippen LogP contribution in [0.2, 0.25) is 0 Å². The van der Waals surface area contributed by atoms with Crippen LogP contribution < -0.4 is 20.1 Å². The molecule has 1 amide bonds. The Balaban J connectivity index is 1.68. The Hall–Kier alpha value is -3.16. The van der Waals surface area contributed by atoms with E-state index in [-0.39, 0.29) is 24.1 Å². The number of alkyl halides is 3. The van der Waals surface area contributed by atoms with E-state index in [1.165, 1.54) is 0 Å². The van der Waals surface area contributed by atoms with Crippen LogP contribution in [0.25, 0.3) is 6.08 Å². The molecule has 2 N–H and O–H groups in total. The maximum absolute atomic E-state index is 12.8. The van der Waals surface area contributed by atoms with Crippen LogP contribution in [0.1, 0.15) is 29.7 Å². The van der Waals surface area contributed by atoms with Gasteiger partial charge in [0.15, 0.2) is 11.5 Å². The van der Waals surface area contributed by atoms with Crippen molar-refractivity contribution in [2.24, 2.45) is 0 Å². The summed E-state index contributed by atoms with van der Waals surface area (Å²) < 4.78 is 49.3. The summed E-state index contributed by atoms with van der Waals surface area (Å²) in [4.78, 5) is 12.6. The van der Waals surface area contributed by atoms with E-state index < -0.39 is 23.8 Å². The summed E-state index contributed by atoms with van der Waals surface area (Å²) in [6.07, 6.45) is -3.72. The van der Waals surface area contributed by atoms with Gasteiger partial charge in [0, 0.05) is 12.7 Å². The molecule has 5 nitrogen and oxygen atoms in total. The third-order valence-corrected chi connectivity index (χ3v) is 4.65. The van der Waals surface area contributed by atoms with Crippen LogP contribution in [0.15, 0.2) is 43.0 Å². The lowest BCUT2D eigenvalue weighted by Crippen LogP contribution is -2.44. The summed E-state index contributed by atoms with van der Waals surface area (Å²) in [7, 11) is 1.81. The predicted molar refractivity (Wildman–Crippen MR) is 104 cm³/mol. The zero-order valence-corrected chi connectivity index (χ0v) is 16.0. The molecule has 8 heteroatoms. The molecule has 0 fully saturated rings. The SMILES string of the molecule is C=Cc1cc(C(C)NC(=O)C2COc3cc(C(F)(F)F)ccc3O2)ccc1NC. The largest absolute Gasteiger partial charge is 0.485 e. The lowest BCUT2D eigenvalue weighted by molar-refractivity contribution is -0.138. The molecule has 0 radical (unpaired) electrons. The van der Waals surface area contributed by atoms with Crippen molar-refractivity contribution in [3.63, 3.8) is 0 Å². The summed E-state index contributed by atoms with van der Waals surface area (Å²) in [6, 6.07) is 8.30. The molecule has 1 aliphatic rings. The molecule has 0 saturated carbocycles. The normalized spacial score (nSPS) is 16.7. The number of ether oxygens (including phenoxy) is 2. The van der Waals surface area contributed by atoms with Crippen molar-refractivity contribution in [3.05, 3.63) is 59.7 Å². The number of benzene rings is 2. The number of hydrogen-bond acceptors (Lipinski definition) is 4. The predicted octanol–water partition coefficient (Wildman–Crippen LogP) is 4.41. The monoisotopic (exact) mass is 406 g/mol. The van der Waals surface area contributed by atoms with Crippen LogP contribution in [-0.4, -0.2) is 25.7 Å². The molecule has 2 unspecified atom stereocenters. The van der Waals surface area contributed by atoms with Gasteiger partial charge in [0.2, 0.25) is 6.10 Å². The average Bonchev–Trinajstić information content (AvgIpc) is 2.71. The number of rotatable bonds is 5. The standard InChI is InChI=1S/C21H21F3N2O3/c1-4-13-9-14(5-7-16(13)25-3)12(2)26-20(27)19-11-28-18-10-15(21(22,23)24)6-8-17(18)29-19/h4-10,12,19,25H,1,11H2,2-3H3,(H,26,27). The summed E-state index contributed by atoms with van der Waals surface area (Å²) >= 11 is 0. The first-order chi connectivity index (χ1) is 13.7. The lowest BCUT2D eigenvalue weighted by Gasteiger charge is -2.27. The molecule has 0 aromatic heterocycles. The second-order valence-electron chi connectivity index (χ2n) is 6.61. The van der Waals surface area contributed by atoms with Gasteiger partial charge in [0.05, 0.1) is 11.6 Å². The highest BCUT2D eigenvalue weighted by molar-refractivity contribution is 5.82. The van der Waals surface area contributed by atoms with Crippen molar-refractivity contribution in [1.82, 2.24) is 5.32 Å². The Bertz CT molecular complexity index is 928. The highest BCUT2D eigenvalue weighted by Crippen LogP contribution is 2.38. The van der Waals surface area contributed by atoms with Crippen molar-refractivity contribution in [2.45, 2.75) is 25.2 Å². The first-order valence-electron chi connectivity index (χ1n) is 8.98. The highest BCUT2D eigenvalue weighted by atomic mass is 19.4. The van der Waals surface area contributed by atoms with Crippen LogP contribution in [-0.2, 0) is 11.0 Å². The molecule has 3 rings (SSSR count). The Kier molecular flexibility index (Phi) is 5.72. The molecule has 0 bridgehead atoms. The second kappa shape index (κ2) is 8.06. The Morgan fingerprint density at radius 3 is 2.66 bits per heavy atom. The number of hydrogen-bond donors (Lipinski definition) is 2. The quantitative estimate of drug-likeness (QED) is 0.773. The molecular weight excluding hydrogens is 385 g/mol. The minimum atomic E-state index is -4.48. The molecule has 2 aromatic rings. The van der Waals surface area contributed by atoms with Gasteiger partial charge < -0.3 is 20.1 Å². The molecule has 1 heterocycles. The average molecular weight is 406 g/mol. The molecule has 0 aliphatic carbocycles. The van der Waals surface area contributed by atoms with Crippen LogP contribution in [0.5, 0.6) is 11.5 Å². The molecule has 2 atom stereocenters. The molecule has 154 valence electrons. The zero-order chi connectivity index (χ0) is 21.2. The van der Waals surface area contributed by atoms with Gasteiger partial charge in [-0.3, -0.25) is 4.79 Å². The van der Waals surface area contributed by atoms with Crippen LogP contribution in [0.3, 0.4) is 0 Å². The Morgan fingerprint density at radius 2 is 2.00 bits per heavy atom. The number of anilines is 1. The van der Waals surface area contributed by atoms with E-state index in [0.717, 1.165) is 35.0 Å². The molecule has 0 spiro atoms. The van der Waals surface area contributed by atoms with Gasteiger partial charge in [0.1, 0.15) is 6.61 Å².